The predicted molar refractivity (Wildman–Crippen MR) is 73.5 cm³/mol. The van der Waals surface area contributed by atoms with Gasteiger partial charge in [0.15, 0.2) is 0 Å². The lowest BCUT2D eigenvalue weighted by molar-refractivity contribution is 0.450. The second-order valence-corrected chi connectivity index (χ2v) is 10.2. The second kappa shape index (κ2) is 3.15. The van der Waals surface area contributed by atoms with Crippen molar-refractivity contribution in [3.8, 4) is 0 Å². The van der Waals surface area contributed by atoms with Gasteiger partial charge in [0.1, 0.15) is 13.0 Å². The molecule has 4 rings (SSSR count). The van der Waals surface area contributed by atoms with Gasteiger partial charge in [0, 0.05) is 23.7 Å². The summed E-state index contributed by atoms with van der Waals surface area (Å²) in [5, 5.41) is 0. The van der Waals surface area contributed by atoms with Crippen LogP contribution in [-0.4, -0.2) is 13.0 Å². The molecule has 0 aliphatic heterocycles. The van der Waals surface area contributed by atoms with Gasteiger partial charge in [-0.3, -0.25) is 0 Å². The molecule has 0 aromatic carbocycles. The monoisotopic (exact) mass is 352 g/mol. The summed E-state index contributed by atoms with van der Waals surface area (Å²) >= 11 is 38.1. The average molecular weight is 355 g/mol. The van der Waals surface area contributed by atoms with Crippen LogP contribution in [0.1, 0.15) is 12.8 Å². The van der Waals surface area contributed by atoms with Crippen LogP contribution in [-0.2, 0) is 0 Å². The minimum atomic E-state index is -0.729. The molecular weight excluding hydrogens is 345 g/mol. The van der Waals surface area contributed by atoms with Gasteiger partial charge < -0.3 is 0 Å². The molecule has 0 aromatic heterocycles. The van der Waals surface area contributed by atoms with Gasteiger partial charge in [0.05, 0.1) is 0 Å². The molecule has 6 atom stereocenters. The highest BCUT2D eigenvalue weighted by molar-refractivity contribution is 6.55. The van der Waals surface area contributed by atoms with E-state index in [9.17, 15) is 0 Å². The molecule has 0 radical (unpaired) electrons. The summed E-state index contributed by atoms with van der Waals surface area (Å²) in [6, 6.07) is 0. The summed E-state index contributed by atoms with van der Waals surface area (Å²) < 4.78 is -1.99. The summed E-state index contributed by atoms with van der Waals surface area (Å²) in [5.41, 5.74) is 0. The molecule has 17 heavy (non-hydrogen) atoms. The number of alkyl halides is 6. The first kappa shape index (κ1) is 12.5. The minimum Gasteiger partial charge on any atom is -0.101 e. The Bertz CT molecular complexity index is 367. The highest BCUT2D eigenvalue weighted by Crippen LogP contribution is 2.85. The molecule has 6 heteroatoms. The predicted octanol–water partition coefficient (Wildman–Crippen LogP) is 5.04. The molecule has 0 amide bonds. The maximum atomic E-state index is 6.39. The summed E-state index contributed by atoms with van der Waals surface area (Å²) in [6.07, 6.45) is 1.96. The van der Waals surface area contributed by atoms with Crippen LogP contribution in [0.3, 0.4) is 0 Å². The number of rotatable bonds is 0. The number of hydrogen-bond donors (Lipinski definition) is 0. The van der Waals surface area contributed by atoms with E-state index in [1.165, 1.54) is 0 Å². The third-order valence-electron chi connectivity index (χ3n) is 5.26. The zero-order chi connectivity index (χ0) is 12.4. The Morgan fingerprint density at radius 2 is 0.882 bits per heavy atom. The van der Waals surface area contributed by atoms with Crippen LogP contribution < -0.4 is 0 Å². The van der Waals surface area contributed by atoms with E-state index >= 15 is 0 Å². The smallest absolute Gasteiger partial charge is 0.101 e. The highest BCUT2D eigenvalue weighted by Gasteiger charge is 2.86. The second-order valence-electron chi connectivity index (χ2n) is 5.92. The molecule has 4 fully saturated rings. The molecular formula is C11H10Cl6. The minimum absolute atomic E-state index is 0.165. The van der Waals surface area contributed by atoms with Crippen molar-refractivity contribution >= 4 is 69.6 Å². The van der Waals surface area contributed by atoms with Crippen molar-refractivity contribution in [2.75, 3.05) is 0 Å². The lowest BCUT2D eigenvalue weighted by Gasteiger charge is -2.01. The zero-order valence-electron chi connectivity index (χ0n) is 8.65. The van der Waals surface area contributed by atoms with Crippen LogP contribution in [0.4, 0.5) is 0 Å². The van der Waals surface area contributed by atoms with Crippen molar-refractivity contribution in [3.63, 3.8) is 0 Å². The van der Waals surface area contributed by atoms with E-state index in [0.29, 0.717) is 11.8 Å². The molecule has 0 unspecified atom stereocenters. The molecule has 4 aliphatic carbocycles. The number of hydrogen-bond acceptors (Lipinski definition) is 0. The topological polar surface area (TPSA) is 0 Å². The van der Waals surface area contributed by atoms with Gasteiger partial charge in [0.25, 0.3) is 0 Å². The molecule has 4 aliphatic rings. The van der Waals surface area contributed by atoms with Gasteiger partial charge in [-0.2, -0.15) is 0 Å². The Balaban J connectivity index is 1.69. The van der Waals surface area contributed by atoms with E-state index in [4.69, 9.17) is 69.6 Å². The first-order valence-electron chi connectivity index (χ1n) is 5.85. The Kier molecular flexibility index (Phi) is 2.31. The average Bonchev–Trinajstić information content (AvgIpc) is 2.93. The molecule has 0 saturated heterocycles. The zero-order valence-corrected chi connectivity index (χ0v) is 13.2. The van der Waals surface area contributed by atoms with Crippen LogP contribution >= 0.6 is 69.6 Å². The van der Waals surface area contributed by atoms with Crippen LogP contribution in [0.15, 0.2) is 0 Å². The maximum Gasteiger partial charge on any atom is 0.125 e. The molecule has 0 nitrogen and oxygen atoms in total. The fourth-order valence-corrected chi connectivity index (χ4v) is 7.05. The Morgan fingerprint density at radius 1 is 0.529 bits per heavy atom. The van der Waals surface area contributed by atoms with Gasteiger partial charge in [-0.1, -0.05) is 0 Å². The third-order valence-corrected chi connectivity index (χ3v) is 8.39. The first-order chi connectivity index (χ1) is 7.72. The largest absolute Gasteiger partial charge is 0.125 e. The van der Waals surface area contributed by atoms with Crippen LogP contribution in [0, 0.1) is 35.5 Å². The number of fused-ring (bicyclic) bond motifs is 5. The quantitative estimate of drug-likeness (QED) is 0.534. The lowest BCUT2D eigenvalue weighted by Crippen LogP contribution is -1.99. The lowest BCUT2D eigenvalue weighted by atomic mass is 10.0. The molecule has 0 aromatic rings. The maximum absolute atomic E-state index is 6.39. The fraction of sp³-hybridized carbons (Fsp3) is 1.00. The normalized spacial score (nSPS) is 58.9. The molecule has 0 N–H and O–H groups in total. The molecule has 0 heterocycles. The molecule has 0 spiro atoms. The van der Waals surface area contributed by atoms with Crippen molar-refractivity contribution in [1.29, 1.82) is 0 Å². The van der Waals surface area contributed by atoms with Crippen LogP contribution in [0.2, 0.25) is 0 Å². The highest BCUT2D eigenvalue weighted by atomic mass is 35.5. The SMILES string of the molecule is ClC1(Cl)[C@@H]2[C@H]1[C@@H]1[C@H](CC[C@@H]3[C@H]2C3(Cl)Cl)C1(Cl)Cl. The summed E-state index contributed by atoms with van der Waals surface area (Å²) in [4.78, 5) is 0. The van der Waals surface area contributed by atoms with E-state index in [-0.39, 0.29) is 23.7 Å². The van der Waals surface area contributed by atoms with Gasteiger partial charge in [0.2, 0.25) is 0 Å². The van der Waals surface area contributed by atoms with Crippen LogP contribution in [0.5, 0.6) is 0 Å². The van der Waals surface area contributed by atoms with E-state index in [2.05, 4.69) is 0 Å². The van der Waals surface area contributed by atoms with E-state index in [1.807, 2.05) is 0 Å². The van der Waals surface area contributed by atoms with Crippen molar-refractivity contribution in [3.05, 3.63) is 0 Å². The summed E-state index contributed by atoms with van der Waals surface area (Å²) in [6.45, 7) is 0. The molecule has 0 bridgehead atoms. The van der Waals surface area contributed by atoms with Crippen LogP contribution in [0.25, 0.3) is 0 Å². The van der Waals surface area contributed by atoms with E-state index in [0.717, 1.165) is 12.8 Å². The van der Waals surface area contributed by atoms with Gasteiger partial charge in [-0.05, 0) is 24.7 Å². The summed E-state index contributed by atoms with van der Waals surface area (Å²) in [5.74, 6) is 1.39. The van der Waals surface area contributed by atoms with Crippen molar-refractivity contribution < 1.29 is 0 Å². The Hall–Kier alpha value is 1.74. The van der Waals surface area contributed by atoms with Gasteiger partial charge in [-0.25, -0.2) is 0 Å². The van der Waals surface area contributed by atoms with Crippen molar-refractivity contribution in [2.45, 2.75) is 25.8 Å². The van der Waals surface area contributed by atoms with Gasteiger partial charge >= 0.3 is 0 Å². The number of halogens is 6. The first-order valence-corrected chi connectivity index (χ1v) is 8.12. The van der Waals surface area contributed by atoms with E-state index in [1.54, 1.807) is 0 Å². The molecule has 4 saturated carbocycles. The summed E-state index contributed by atoms with van der Waals surface area (Å²) in [7, 11) is 0. The van der Waals surface area contributed by atoms with Crippen molar-refractivity contribution in [1.82, 2.24) is 0 Å². The standard InChI is InChI=1S/C11H10Cl6/c12-9(13)3-1-2-4-6(10(4,14)15)8-7(5(3)9)11(8,16)17/h3-8H,1-2H2/t3-,4+,5-,6+,7+,8-. The Labute approximate surface area is 130 Å². The van der Waals surface area contributed by atoms with Crippen molar-refractivity contribution in [2.24, 2.45) is 35.5 Å². The Morgan fingerprint density at radius 3 is 1.24 bits per heavy atom. The fourth-order valence-electron chi connectivity index (χ4n) is 4.22. The third kappa shape index (κ3) is 1.37. The van der Waals surface area contributed by atoms with E-state index < -0.39 is 13.0 Å². The molecule has 96 valence electrons. The van der Waals surface area contributed by atoms with Gasteiger partial charge in [-0.15, -0.1) is 69.6 Å².